The van der Waals surface area contributed by atoms with E-state index < -0.39 is 10.8 Å². The average Bonchev–Trinajstić information content (AvgIpc) is 3.39. The van der Waals surface area contributed by atoms with Gasteiger partial charge in [0.25, 0.3) is 0 Å². The van der Waals surface area contributed by atoms with Gasteiger partial charge in [0.15, 0.2) is 0 Å². The molecular weight excluding hydrogens is 386 g/mol. The van der Waals surface area contributed by atoms with Gasteiger partial charge in [-0.05, 0) is 12.8 Å². The van der Waals surface area contributed by atoms with E-state index in [1.165, 1.54) is 5.69 Å². The Kier molecular flexibility index (Phi) is 4.42. The first-order valence-electron chi connectivity index (χ1n) is 9.00. The van der Waals surface area contributed by atoms with Crippen LogP contribution in [-0.2, 0) is 10.8 Å². The maximum Gasteiger partial charge on any atom is 0.115 e. The van der Waals surface area contributed by atoms with Crippen LogP contribution >= 0.6 is 23.1 Å². The van der Waals surface area contributed by atoms with Gasteiger partial charge in [-0.3, -0.25) is 15.0 Å². The number of piperidine rings is 1. The molecule has 138 valence electrons. The van der Waals surface area contributed by atoms with Gasteiger partial charge in [0, 0.05) is 29.2 Å². The number of nitrogens with one attached hydrogen (secondary N) is 2. The molecule has 0 amide bonds. The fourth-order valence-corrected chi connectivity index (χ4v) is 8.22. The van der Waals surface area contributed by atoms with Crippen molar-refractivity contribution in [2.75, 3.05) is 11.2 Å². The largest absolute Gasteiger partial charge is 0.295 e. The first kappa shape index (κ1) is 17.0. The predicted octanol–water partition coefficient (Wildman–Crippen LogP) is 3.12. The molecule has 0 aliphatic carbocycles. The Morgan fingerprint density at radius 1 is 1.46 bits per heavy atom. The first-order valence-corrected chi connectivity index (χ1v) is 12.1. The lowest BCUT2D eigenvalue weighted by molar-refractivity contribution is 0.266. The molecule has 1 saturated heterocycles. The van der Waals surface area contributed by atoms with Crippen molar-refractivity contribution in [3.8, 4) is 0 Å². The summed E-state index contributed by atoms with van der Waals surface area (Å²) in [7, 11) is -0.942. The second-order valence-corrected chi connectivity index (χ2v) is 10.7. The number of nitrogens with zero attached hydrogens (tertiary/aromatic N) is 3. The molecule has 3 aliphatic heterocycles. The summed E-state index contributed by atoms with van der Waals surface area (Å²) in [4.78, 5) is 8.88. The van der Waals surface area contributed by atoms with Gasteiger partial charge in [-0.1, -0.05) is 25.1 Å². The van der Waals surface area contributed by atoms with Gasteiger partial charge in [0.2, 0.25) is 0 Å². The molecule has 0 bridgehead atoms. The van der Waals surface area contributed by atoms with Crippen LogP contribution in [0.15, 0.2) is 34.0 Å². The highest BCUT2D eigenvalue weighted by Crippen LogP contribution is 2.55. The summed E-state index contributed by atoms with van der Waals surface area (Å²) >= 11 is 3.46. The number of thiazole rings is 1. The van der Waals surface area contributed by atoms with E-state index in [1.54, 1.807) is 23.1 Å². The summed E-state index contributed by atoms with van der Waals surface area (Å²) in [5.74, 6) is 1.42. The summed E-state index contributed by atoms with van der Waals surface area (Å²) < 4.78 is 16.0. The number of rotatable bonds is 5. The summed E-state index contributed by atoms with van der Waals surface area (Å²) in [6.45, 7) is 2.14. The normalized spacial score (nSPS) is 30.7. The van der Waals surface area contributed by atoms with Crippen molar-refractivity contribution >= 4 is 33.9 Å². The quantitative estimate of drug-likeness (QED) is 0.793. The maximum atomic E-state index is 12.9. The number of unbranched alkanes of at least 4 members (excludes halogenated alkanes) is 1. The third-order valence-corrected chi connectivity index (χ3v) is 9.48. The van der Waals surface area contributed by atoms with Crippen LogP contribution in [0.25, 0.3) is 0 Å². The van der Waals surface area contributed by atoms with Crippen LogP contribution in [-0.4, -0.2) is 30.0 Å². The van der Waals surface area contributed by atoms with E-state index in [9.17, 15) is 4.21 Å². The molecule has 2 aromatic rings. The van der Waals surface area contributed by atoms with E-state index in [2.05, 4.69) is 27.6 Å². The lowest BCUT2D eigenvalue weighted by Crippen LogP contribution is -2.48. The Hall–Kier alpha value is -1.16. The van der Waals surface area contributed by atoms with Crippen LogP contribution in [0.5, 0.6) is 0 Å². The molecule has 3 aliphatic rings. The summed E-state index contributed by atoms with van der Waals surface area (Å²) in [5.41, 5.74) is 5.84. The van der Waals surface area contributed by atoms with Crippen LogP contribution in [0.1, 0.15) is 48.8 Å². The molecule has 5 unspecified atom stereocenters. The first-order chi connectivity index (χ1) is 12.8. The minimum absolute atomic E-state index is 0.231. The standard InChI is InChI=1S/C17H21N5OS3/c1-2-3-6-26(23)17-14-13-10(12-8-18-9-22(12)21-14)7-11(20-16(13)25-17)15-19-4-5-24-15/h4-5,8-11,13,16,20-21H,2-3,6-7H2,1H3. The molecule has 5 atom stereocenters. The van der Waals surface area contributed by atoms with Gasteiger partial charge in [-0.25, -0.2) is 14.6 Å². The number of hydrogen-bond donors (Lipinski definition) is 2. The molecule has 6 nitrogen and oxygen atoms in total. The maximum absolute atomic E-state index is 12.9. The highest BCUT2D eigenvalue weighted by molar-refractivity contribution is 8.17. The third-order valence-electron chi connectivity index (χ3n) is 5.33. The van der Waals surface area contributed by atoms with Crippen LogP contribution in [0, 0.1) is 5.92 Å². The second kappa shape index (κ2) is 6.78. The highest BCUT2D eigenvalue weighted by Gasteiger charge is 2.51. The fourth-order valence-electron chi connectivity index (χ4n) is 4.11. The van der Waals surface area contributed by atoms with E-state index in [0.29, 0.717) is 11.8 Å². The van der Waals surface area contributed by atoms with Gasteiger partial charge in [0.1, 0.15) is 11.3 Å². The molecule has 0 saturated carbocycles. The van der Waals surface area contributed by atoms with Gasteiger partial charge >= 0.3 is 0 Å². The van der Waals surface area contributed by atoms with Crippen molar-refractivity contribution in [3.63, 3.8) is 0 Å². The smallest absolute Gasteiger partial charge is 0.115 e. The topological polar surface area (TPSA) is 71.8 Å². The van der Waals surface area contributed by atoms with Crippen molar-refractivity contribution in [1.29, 1.82) is 0 Å². The number of imidazole rings is 1. The summed E-state index contributed by atoms with van der Waals surface area (Å²) in [6.07, 6.45) is 8.71. The summed E-state index contributed by atoms with van der Waals surface area (Å²) in [5, 5.41) is 7.18. The second-order valence-electron chi connectivity index (χ2n) is 6.90. The van der Waals surface area contributed by atoms with Crippen molar-refractivity contribution in [2.45, 2.75) is 43.5 Å². The van der Waals surface area contributed by atoms with Crippen molar-refractivity contribution in [3.05, 3.63) is 44.7 Å². The molecule has 0 spiro atoms. The molecule has 5 heterocycles. The molecule has 5 rings (SSSR count). The molecular formula is C17H21N5OS3. The zero-order chi connectivity index (χ0) is 17.7. The fraction of sp³-hybridized carbons (Fsp3) is 0.529. The Bertz CT molecular complexity index is 862. The van der Waals surface area contributed by atoms with E-state index in [4.69, 9.17) is 0 Å². The minimum Gasteiger partial charge on any atom is -0.295 e. The van der Waals surface area contributed by atoms with Crippen molar-refractivity contribution in [2.24, 2.45) is 5.92 Å². The molecule has 0 aromatic carbocycles. The van der Waals surface area contributed by atoms with Gasteiger partial charge in [-0.15, -0.1) is 11.3 Å². The Labute approximate surface area is 163 Å². The van der Waals surface area contributed by atoms with Gasteiger partial charge in [-0.2, -0.15) is 0 Å². The van der Waals surface area contributed by atoms with E-state index >= 15 is 0 Å². The monoisotopic (exact) mass is 407 g/mol. The number of hydrogen-bond acceptors (Lipinski definition) is 7. The Balaban J connectivity index is 1.52. The molecule has 26 heavy (non-hydrogen) atoms. The minimum atomic E-state index is -0.942. The molecule has 0 radical (unpaired) electrons. The average molecular weight is 408 g/mol. The van der Waals surface area contributed by atoms with Crippen molar-refractivity contribution < 1.29 is 4.21 Å². The number of thioether (sulfide) groups is 1. The lowest BCUT2D eigenvalue weighted by Gasteiger charge is -2.42. The van der Waals surface area contributed by atoms with Gasteiger partial charge < -0.3 is 0 Å². The SMILES string of the molecule is CCCCS(=O)C1=C2Nn3cncc3C3CC(c4nccs4)NC(S1)C23. The zero-order valence-corrected chi connectivity index (χ0v) is 16.9. The number of aromatic nitrogens is 3. The Morgan fingerprint density at radius 2 is 2.38 bits per heavy atom. The predicted molar refractivity (Wildman–Crippen MR) is 107 cm³/mol. The molecule has 2 aromatic heterocycles. The molecule has 9 heteroatoms. The molecule has 2 N–H and O–H groups in total. The lowest BCUT2D eigenvalue weighted by atomic mass is 9.78. The zero-order valence-electron chi connectivity index (χ0n) is 14.4. The van der Waals surface area contributed by atoms with Crippen molar-refractivity contribution in [1.82, 2.24) is 20.0 Å². The van der Waals surface area contributed by atoms with E-state index in [1.807, 2.05) is 28.8 Å². The van der Waals surface area contributed by atoms with Crippen LogP contribution in [0.3, 0.4) is 0 Å². The van der Waals surface area contributed by atoms with Gasteiger partial charge in [0.05, 0.1) is 44.0 Å². The van der Waals surface area contributed by atoms with E-state index in [0.717, 1.165) is 40.0 Å². The number of fused-ring (bicyclic) bond motifs is 2. The van der Waals surface area contributed by atoms with Crippen LogP contribution in [0.4, 0.5) is 0 Å². The Morgan fingerprint density at radius 3 is 3.19 bits per heavy atom. The van der Waals surface area contributed by atoms with E-state index in [-0.39, 0.29) is 11.4 Å². The summed E-state index contributed by atoms with van der Waals surface area (Å²) in [6, 6.07) is 0.236. The van der Waals surface area contributed by atoms with Crippen LogP contribution < -0.4 is 10.7 Å². The molecule has 1 fully saturated rings. The highest BCUT2D eigenvalue weighted by atomic mass is 32.2. The van der Waals surface area contributed by atoms with Crippen LogP contribution in [0.2, 0.25) is 0 Å². The third kappa shape index (κ3) is 2.67.